The van der Waals surface area contributed by atoms with Crippen LogP contribution in [0, 0.1) is 5.92 Å². The van der Waals surface area contributed by atoms with Crippen molar-refractivity contribution in [2.24, 2.45) is 5.92 Å². The Morgan fingerprint density at radius 1 is 0.957 bits per heavy atom. The van der Waals surface area contributed by atoms with Crippen molar-refractivity contribution in [2.75, 3.05) is 0 Å². The molecule has 0 unspecified atom stereocenters. The Morgan fingerprint density at radius 2 is 1.78 bits per heavy atom. The van der Waals surface area contributed by atoms with E-state index < -0.39 is 0 Å². The van der Waals surface area contributed by atoms with E-state index in [9.17, 15) is 0 Å². The molecule has 1 aromatic carbocycles. The molecule has 0 aliphatic heterocycles. The minimum absolute atomic E-state index is 0.645. The van der Waals surface area contributed by atoms with Gasteiger partial charge in [-0.25, -0.2) is 0 Å². The molecule has 1 aliphatic rings. The van der Waals surface area contributed by atoms with Crippen molar-refractivity contribution < 1.29 is 4.42 Å². The van der Waals surface area contributed by atoms with E-state index in [-0.39, 0.29) is 0 Å². The smallest absolute Gasteiger partial charge is 0.221 e. The third kappa shape index (κ3) is 3.26. The Morgan fingerprint density at radius 3 is 2.70 bits per heavy atom. The first-order valence-electron chi connectivity index (χ1n) is 8.52. The average molecular weight is 307 g/mol. The zero-order chi connectivity index (χ0) is 15.5. The fourth-order valence-corrected chi connectivity index (χ4v) is 3.55. The van der Waals surface area contributed by atoms with Gasteiger partial charge < -0.3 is 4.42 Å². The van der Waals surface area contributed by atoms with E-state index in [1.807, 2.05) is 12.3 Å². The first-order valence-corrected chi connectivity index (χ1v) is 8.52. The lowest BCUT2D eigenvalue weighted by Gasteiger charge is -2.19. The average Bonchev–Trinajstić information content (AvgIpc) is 3.03. The molecule has 0 radical (unpaired) electrons. The molecule has 23 heavy (non-hydrogen) atoms. The number of nitrogens with zero attached hydrogens (tertiary/aromatic N) is 3. The first-order chi connectivity index (χ1) is 11.4. The van der Waals surface area contributed by atoms with Crippen LogP contribution in [0.15, 0.2) is 40.9 Å². The van der Waals surface area contributed by atoms with Gasteiger partial charge in [-0.05, 0) is 30.4 Å². The lowest BCUT2D eigenvalue weighted by Crippen LogP contribution is -2.09. The topological polar surface area (TPSA) is 51.8 Å². The number of hydrogen-bond acceptors (Lipinski definition) is 4. The molecular formula is C19H21N3O. The predicted molar refractivity (Wildman–Crippen MR) is 89.1 cm³/mol. The number of hydrogen-bond donors (Lipinski definition) is 0. The van der Waals surface area contributed by atoms with Crippen LogP contribution in [-0.4, -0.2) is 15.2 Å². The molecule has 3 aromatic rings. The Balaban J connectivity index is 1.50. The van der Waals surface area contributed by atoms with Crippen LogP contribution < -0.4 is 0 Å². The summed E-state index contributed by atoms with van der Waals surface area (Å²) in [4.78, 5) is 4.49. The molecule has 118 valence electrons. The number of pyridine rings is 1. The van der Waals surface area contributed by atoms with Gasteiger partial charge in [0.25, 0.3) is 0 Å². The summed E-state index contributed by atoms with van der Waals surface area (Å²) >= 11 is 0. The van der Waals surface area contributed by atoms with E-state index in [1.54, 1.807) is 0 Å². The Kier molecular flexibility index (Phi) is 4.05. The minimum atomic E-state index is 0.645. The second-order valence-corrected chi connectivity index (χ2v) is 6.47. The normalized spacial score (nSPS) is 16.0. The van der Waals surface area contributed by atoms with Crippen LogP contribution in [0.2, 0.25) is 0 Å². The number of fused-ring (bicyclic) bond motifs is 1. The van der Waals surface area contributed by atoms with Crippen LogP contribution in [0.3, 0.4) is 0 Å². The molecule has 0 atom stereocenters. The van der Waals surface area contributed by atoms with Crippen molar-refractivity contribution in [2.45, 2.75) is 44.9 Å². The molecule has 1 fully saturated rings. The number of benzene rings is 1. The maximum Gasteiger partial charge on any atom is 0.221 e. The standard InChI is InChI=1S/C19H21N3O/c1-2-6-14(7-3-1)12-17-21-22-18(23-17)13-16-9-4-8-15-10-5-11-20-19(15)16/h4-5,8-11,14H,1-3,6-7,12-13H2. The van der Waals surface area contributed by atoms with Gasteiger partial charge in [0.15, 0.2) is 0 Å². The van der Waals surface area contributed by atoms with Gasteiger partial charge in [0.1, 0.15) is 0 Å². The number of aromatic nitrogens is 3. The molecule has 2 heterocycles. The van der Waals surface area contributed by atoms with Gasteiger partial charge in [-0.1, -0.05) is 43.5 Å². The highest BCUT2D eigenvalue weighted by Crippen LogP contribution is 2.27. The van der Waals surface area contributed by atoms with E-state index in [0.717, 1.165) is 34.7 Å². The fraction of sp³-hybridized carbons (Fsp3) is 0.421. The van der Waals surface area contributed by atoms with Crippen molar-refractivity contribution in [3.63, 3.8) is 0 Å². The molecule has 0 saturated heterocycles. The van der Waals surface area contributed by atoms with Crippen molar-refractivity contribution in [3.05, 3.63) is 53.9 Å². The van der Waals surface area contributed by atoms with Crippen molar-refractivity contribution in [1.29, 1.82) is 0 Å². The lowest BCUT2D eigenvalue weighted by molar-refractivity contribution is 0.325. The van der Waals surface area contributed by atoms with Crippen LogP contribution in [0.4, 0.5) is 0 Å². The predicted octanol–water partition coefficient (Wildman–Crippen LogP) is 4.33. The zero-order valence-corrected chi connectivity index (χ0v) is 13.2. The highest BCUT2D eigenvalue weighted by Gasteiger charge is 2.17. The Hall–Kier alpha value is -2.23. The Bertz CT molecular complexity index is 785. The zero-order valence-electron chi connectivity index (χ0n) is 13.2. The summed E-state index contributed by atoms with van der Waals surface area (Å²) in [5.41, 5.74) is 2.15. The third-order valence-electron chi connectivity index (χ3n) is 4.75. The molecule has 1 saturated carbocycles. The molecule has 0 amide bonds. The fourth-order valence-electron chi connectivity index (χ4n) is 3.55. The molecule has 4 heteroatoms. The van der Waals surface area contributed by atoms with E-state index in [2.05, 4.69) is 39.4 Å². The van der Waals surface area contributed by atoms with Gasteiger partial charge in [-0.2, -0.15) is 0 Å². The van der Waals surface area contributed by atoms with Crippen molar-refractivity contribution in [3.8, 4) is 0 Å². The van der Waals surface area contributed by atoms with Crippen molar-refractivity contribution >= 4 is 10.9 Å². The van der Waals surface area contributed by atoms with E-state index in [0.29, 0.717) is 12.3 Å². The summed E-state index contributed by atoms with van der Waals surface area (Å²) in [7, 11) is 0. The van der Waals surface area contributed by atoms with Gasteiger partial charge in [-0.3, -0.25) is 4.98 Å². The first kappa shape index (κ1) is 14.4. The maximum atomic E-state index is 5.89. The minimum Gasteiger partial charge on any atom is -0.425 e. The van der Waals surface area contributed by atoms with E-state index in [4.69, 9.17) is 4.42 Å². The van der Waals surface area contributed by atoms with Gasteiger partial charge in [0, 0.05) is 18.0 Å². The molecule has 0 bridgehead atoms. The van der Waals surface area contributed by atoms with Crippen LogP contribution in [0.25, 0.3) is 10.9 Å². The van der Waals surface area contributed by atoms with E-state index in [1.165, 1.54) is 32.1 Å². The molecule has 4 nitrogen and oxygen atoms in total. The SMILES string of the molecule is c1cnc2c(Cc3nnc(CC4CCCCC4)o3)cccc2c1. The van der Waals surface area contributed by atoms with Crippen LogP contribution in [0.5, 0.6) is 0 Å². The summed E-state index contributed by atoms with van der Waals surface area (Å²) in [5.74, 6) is 2.20. The monoisotopic (exact) mass is 307 g/mol. The number of para-hydroxylation sites is 1. The molecule has 0 N–H and O–H groups in total. The molecule has 2 aromatic heterocycles. The van der Waals surface area contributed by atoms with E-state index >= 15 is 0 Å². The van der Waals surface area contributed by atoms with Gasteiger partial charge in [0.05, 0.1) is 11.9 Å². The summed E-state index contributed by atoms with van der Waals surface area (Å²) in [6, 6.07) is 10.3. The summed E-state index contributed by atoms with van der Waals surface area (Å²) in [6.45, 7) is 0. The second-order valence-electron chi connectivity index (χ2n) is 6.47. The number of rotatable bonds is 4. The lowest BCUT2D eigenvalue weighted by atomic mass is 9.87. The summed E-state index contributed by atoms with van der Waals surface area (Å²) < 4.78 is 5.89. The summed E-state index contributed by atoms with van der Waals surface area (Å²) in [6.07, 6.45) is 10.1. The maximum absolute atomic E-state index is 5.89. The second kappa shape index (κ2) is 6.49. The van der Waals surface area contributed by atoms with Gasteiger partial charge in [-0.15, -0.1) is 10.2 Å². The molecule has 4 rings (SSSR count). The molecular weight excluding hydrogens is 286 g/mol. The highest BCUT2D eigenvalue weighted by molar-refractivity contribution is 5.81. The van der Waals surface area contributed by atoms with Gasteiger partial charge >= 0.3 is 0 Å². The Labute approximate surface area is 136 Å². The van der Waals surface area contributed by atoms with Gasteiger partial charge in [0.2, 0.25) is 11.8 Å². The quantitative estimate of drug-likeness (QED) is 0.720. The summed E-state index contributed by atoms with van der Waals surface area (Å²) in [5, 5.41) is 9.63. The van der Waals surface area contributed by atoms with Crippen LogP contribution >= 0.6 is 0 Å². The van der Waals surface area contributed by atoms with Crippen LogP contribution in [-0.2, 0) is 12.8 Å². The largest absolute Gasteiger partial charge is 0.425 e. The third-order valence-corrected chi connectivity index (χ3v) is 4.75. The molecule has 1 aliphatic carbocycles. The molecule has 0 spiro atoms. The highest BCUT2D eigenvalue weighted by atomic mass is 16.4. The van der Waals surface area contributed by atoms with Crippen molar-refractivity contribution in [1.82, 2.24) is 15.2 Å². The van der Waals surface area contributed by atoms with Crippen LogP contribution in [0.1, 0.15) is 49.4 Å².